The van der Waals surface area contributed by atoms with Gasteiger partial charge in [0.25, 0.3) is 0 Å². The quantitative estimate of drug-likeness (QED) is 0.327. The number of benzene rings is 3. The van der Waals surface area contributed by atoms with Gasteiger partial charge < -0.3 is 9.47 Å². The minimum Gasteiger partial charge on any atom is -0.429 e. The van der Waals surface area contributed by atoms with Crippen LogP contribution >= 0.6 is 0 Å². The number of ether oxygens (including phenoxy) is 2. The third-order valence-electron chi connectivity index (χ3n) is 7.35. The summed E-state index contributed by atoms with van der Waals surface area (Å²) >= 11 is 0. The van der Waals surface area contributed by atoms with E-state index in [1.807, 2.05) is 24.3 Å². The van der Waals surface area contributed by atoms with E-state index in [4.69, 9.17) is 4.74 Å². The number of hydrogen-bond donors (Lipinski definition) is 0. The summed E-state index contributed by atoms with van der Waals surface area (Å²) in [4.78, 5) is 0. The van der Waals surface area contributed by atoms with E-state index < -0.39 is 23.5 Å². The Bertz CT molecular complexity index is 1130. The highest BCUT2D eigenvalue weighted by Crippen LogP contribution is 2.40. The summed E-state index contributed by atoms with van der Waals surface area (Å²) in [7, 11) is 0. The molecular formula is C29H28F4O2. The summed E-state index contributed by atoms with van der Waals surface area (Å²) in [6.45, 7) is 0.833. The zero-order chi connectivity index (χ0) is 24.4. The molecule has 3 aromatic rings. The SMILES string of the molecule is Fc1ccc(OC(F)(F)c2ccc(-c3ccc(C4CCC(C5CCCC5)CO4)cc3)cc2)cc1F. The standard InChI is InChI=1S/C29H28F4O2/c30-26-15-14-25(17-27(26)31)35-29(32,33)24-12-9-21(10-13-24)20-5-7-22(8-6-20)28-16-11-23(18-34-28)19-3-1-2-4-19/h5-10,12-15,17,19,23,28H,1-4,11,16,18H2. The van der Waals surface area contributed by atoms with Gasteiger partial charge in [-0.3, -0.25) is 0 Å². The van der Waals surface area contributed by atoms with Crippen molar-refractivity contribution >= 4 is 0 Å². The maximum atomic E-state index is 14.5. The first kappa shape index (κ1) is 23.9. The van der Waals surface area contributed by atoms with Gasteiger partial charge in [0.15, 0.2) is 11.6 Å². The summed E-state index contributed by atoms with van der Waals surface area (Å²) in [5.41, 5.74) is 2.45. The Morgan fingerprint density at radius 1 is 0.714 bits per heavy atom. The van der Waals surface area contributed by atoms with E-state index >= 15 is 0 Å². The molecule has 184 valence electrons. The molecule has 35 heavy (non-hydrogen) atoms. The first-order valence-corrected chi connectivity index (χ1v) is 12.2. The zero-order valence-corrected chi connectivity index (χ0v) is 19.4. The van der Waals surface area contributed by atoms with E-state index in [1.165, 1.54) is 44.2 Å². The normalized spacial score (nSPS) is 21.3. The van der Waals surface area contributed by atoms with E-state index in [0.717, 1.165) is 47.8 Å². The van der Waals surface area contributed by atoms with Gasteiger partial charge in [0.05, 0.1) is 18.3 Å². The van der Waals surface area contributed by atoms with Crippen molar-refractivity contribution in [3.63, 3.8) is 0 Å². The van der Waals surface area contributed by atoms with Gasteiger partial charge in [-0.1, -0.05) is 62.1 Å². The smallest absolute Gasteiger partial charge is 0.426 e. The van der Waals surface area contributed by atoms with Crippen LogP contribution in [0.25, 0.3) is 11.1 Å². The van der Waals surface area contributed by atoms with Crippen LogP contribution in [0, 0.1) is 23.5 Å². The first-order chi connectivity index (χ1) is 16.9. The molecule has 0 spiro atoms. The van der Waals surface area contributed by atoms with Crippen molar-refractivity contribution in [1.82, 2.24) is 0 Å². The second-order valence-corrected chi connectivity index (χ2v) is 9.60. The molecule has 2 fully saturated rings. The van der Waals surface area contributed by atoms with Gasteiger partial charge in [-0.05, 0) is 65.6 Å². The van der Waals surface area contributed by atoms with Crippen molar-refractivity contribution in [2.24, 2.45) is 11.8 Å². The predicted molar refractivity (Wildman–Crippen MR) is 126 cm³/mol. The maximum Gasteiger partial charge on any atom is 0.426 e. The number of hydrogen-bond acceptors (Lipinski definition) is 2. The zero-order valence-electron chi connectivity index (χ0n) is 19.4. The summed E-state index contributed by atoms with van der Waals surface area (Å²) in [5.74, 6) is -1.30. The van der Waals surface area contributed by atoms with Gasteiger partial charge in [-0.15, -0.1) is 0 Å². The lowest BCUT2D eigenvalue weighted by Gasteiger charge is -2.32. The largest absolute Gasteiger partial charge is 0.429 e. The average molecular weight is 485 g/mol. The molecule has 2 unspecified atom stereocenters. The van der Waals surface area contributed by atoms with Gasteiger partial charge in [0, 0.05) is 6.07 Å². The lowest BCUT2D eigenvalue weighted by Crippen LogP contribution is -2.25. The second kappa shape index (κ2) is 10.0. The number of alkyl halides is 2. The van der Waals surface area contributed by atoms with Crippen LogP contribution in [0.1, 0.15) is 55.8 Å². The second-order valence-electron chi connectivity index (χ2n) is 9.60. The van der Waals surface area contributed by atoms with E-state index in [-0.39, 0.29) is 11.7 Å². The molecule has 1 saturated carbocycles. The highest BCUT2D eigenvalue weighted by Gasteiger charge is 2.35. The van der Waals surface area contributed by atoms with Gasteiger partial charge >= 0.3 is 6.11 Å². The van der Waals surface area contributed by atoms with Crippen molar-refractivity contribution in [2.45, 2.75) is 50.7 Å². The average Bonchev–Trinajstić information content (AvgIpc) is 3.42. The number of halogens is 4. The van der Waals surface area contributed by atoms with Gasteiger partial charge in [-0.25, -0.2) is 8.78 Å². The molecule has 1 saturated heterocycles. The van der Waals surface area contributed by atoms with Crippen molar-refractivity contribution in [2.75, 3.05) is 6.61 Å². The molecule has 0 aromatic heterocycles. The van der Waals surface area contributed by atoms with Crippen LogP contribution in [0.2, 0.25) is 0 Å². The highest BCUT2D eigenvalue weighted by molar-refractivity contribution is 5.64. The van der Waals surface area contributed by atoms with Crippen molar-refractivity contribution in [3.05, 3.63) is 89.5 Å². The molecule has 2 aliphatic rings. The van der Waals surface area contributed by atoms with Crippen LogP contribution in [-0.4, -0.2) is 6.61 Å². The van der Waals surface area contributed by atoms with Crippen LogP contribution in [-0.2, 0) is 10.8 Å². The molecule has 2 nitrogen and oxygen atoms in total. The molecule has 0 amide bonds. The Balaban J connectivity index is 1.22. The monoisotopic (exact) mass is 484 g/mol. The van der Waals surface area contributed by atoms with E-state index in [9.17, 15) is 17.6 Å². The molecule has 1 heterocycles. The maximum absolute atomic E-state index is 14.5. The minimum absolute atomic E-state index is 0.108. The van der Waals surface area contributed by atoms with Crippen LogP contribution in [0.3, 0.4) is 0 Å². The fourth-order valence-corrected chi connectivity index (χ4v) is 5.33. The molecule has 2 atom stereocenters. The molecule has 5 rings (SSSR count). The minimum atomic E-state index is -3.69. The fraction of sp³-hybridized carbons (Fsp3) is 0.379. The molecule has 1 aliphatic heterocycles. The van der Waals surface area contributed by atoms with Gasteiger partial charge in [0.2, 0.25) is 0 Å². The fourth-order valence-electron chi connectivity index (χ4n) is 5.33. The molecular weight excluding hydrogens is 456 g/mol. The van der Waals surface area contributed by atoms with Crippen LogP contribution in [0.15, 0.2) is 66.7 Å². The van der Waals surface area contributed by atoms with E-state index in [0.29, 0.717) is 12.0 Å². The topological polar surface area (TPSA) is 18.5 Å². The molecule has 0 N–H and O–H groups in total. The lowest BCUT2D eigenvalue weighted by atomic mass is 9.84. The Morgan fingerprint density at radius 3 is 1.97 bits per heavy atom. The lowest BCUT2D eigenvalue weighted by molar-refractivity contribution is -0.185. The van der Waals surface area contributed by atoms with E-state index in [2.05, 4.69) is 4.74 Å². The summed E-state index contributed by atoms with van der Waals surface area (Å²) in [6.07, 6.45) is 4.04. The Morgan fingerprint density at radius 2 is 1.37 bits per heavy atom. The molecule has 3 aromatic carbocycles. The molecule has 6 heteroatoms. The summed E-state index contributed by atoms with van der Waals surface area (Å²) < 4.78 is 66.3. The van der Waals surface area contributed by atoms with Crippen molar-refractivity contribution in [3.8, 4) is 16.9 Å². The molecule has 0 radical (unpaired) electrons. The van der Waals surface area contributed by atoms with Crippen LogP contribution < -0.4 is 4.74 Å². The third-order valence-corrected chi connectivity index (χ3v) is 7.35. The van der Waals surface area contributed by atoms with Crippen LogP contribution in [0.4, 0.5) is 17.6 Å². The predicted octanol–water partition coefficient (Wildman–Crippen LogP) is 8.42. The Labute approximate surface area is 202 Å². The first-order valence-electron chi connectivity index (χ1n) is 12.2. The highest BCUT2D eigenvalue weighted by atomic mass is 19.3. The van der Waals surface area contributed by atoms with Gasteiger partial charge in [0.1, 0.15) is 5.75 Å². The molecule has 1 aliphatic carbocycles. The Hall–Kier alpha value is -2.86. The summed E-state index contributed by atoms with van der Waals surface area (Å²) in [5, 5.41) is 0. The van der Waals surface area contributed by atoms with E-state index in [1.54, 1.807) is 12.1 Å². The molecule has 0 bridgehead atoms. The summed E-state index contributed by atoms with van der Waals surface area (Å²) in [6, 6.07) is 16.1. The van der Waals surface area contributed by atoms with Crippen molar-refractivity contribution in [1.29, 1.82) is 0 Å². The van der Waals surface area contributed by atoms with Crippen LogP contribution in [0.5, 0.6) is 5.75 Å². The number of rotatable bonds is 6. The Kier molecular flexibility index (Phi) is 6.83. The van der Waals surface area contributed by atoms with Crippen molar-refractivity contribution < 1.29 is 27.0 Å². The third kappa shape index (κ3) is 5.37. The van der Waals surface area contributed by atoms with Gasteiger partial charge in [-0.2, -0.15) is 8.78 Å².